The molecule has 1 aromatic carbocycles. The number of fused-ring (bicyclic) bond motifs is 1. The van der Waals surface area contributed by atoms with Gasteiger partial charge in [-0.1, -0.05) is 30.7 Å². The Morgan fingerprint density at radius 2 is 2.12 bits per heavy atom. The quantitative estimate of drug-likeness (QED) is 0.793. The van der Waals surface area contributed by atoms with Crippen LogP contribution in [0.4, 0.5) is 4.79 Å². The third-order valence-electron chi connectivity index (χ3n) is 6.23. The first kappa shape index (κ1) is 15.9. The molecule has 0 saturated heterocycles. The number of nitrogens with one attached hydrogen (secondary N) is 2. The number of benzene rings is 1. The minimum absolute atomic E-state index is 0.152. The Labute approximate surface area is 142 Å². The van der Waals surface area contributed by atoms with Gasteiger partial charge in [-0.05, 0) is 37.3 Å². The predicted octanol–water partition coefficient (Wildman–Crippen LogP) is 2.29. The van der Waals surface area contributed by atoms with Crippen LogP contribution >= 0.6 is 0 Å². The van der Waals surface area contributed by atoms with Gasteiger partial charge in [0, 0.05) is 24.5 Å². The topological polar surface area (TPSA) is 70.6 Å². The van der Waals surface area contributed by atoms with Crippen molar-refractivity contribution < 1.29 is 14.6 Å². The van der Waals surface area contributed by atoms with Crippen molar-refractivity contribution in [2.45, 2.75) is 63.3 Å². The average Bonchev–Trinajstić information content (AvgIpc) is 2.80. The third-order valence-corrected chi connectivity index (χ3v) is 6.23. The Hall–Kier alpha value is -1.59. The van der Waals surface area contributed by atoms with E-state index in [1.165, 1.54) is 6.42 Å². The van der Waals surface area contributed by atoms with Crippen molar-refractivity contribution in [3.05, 3.63) is 35.4 Å². The summed E-state index contributed by atoms with van der Waals surface area (Å²) in [5.74, 6) is 0. The summed E-state index contributed by atoms with van der Waals surface area (Å²) in [4.78, 5) is 12.5. The van der Waals surface area contributed by atoms with Crippen molar-refractivity contribution >= 4 is 6.03 Å². The van der Waals surface area contributed by atoms with Crippen LogP contribution < -0.4 is 10.6 Å². The van der Waals surface area contributed by atoms with Gasteiger partial charge in [0.05, 0.1) is 18.2 Å². The normalized spacial score (nSPS) is 32.6. The monoisotopic (exact) mass is 330 g/mol. The van der Waals surface area contributed by atoms with Crippen molar-refractivity contribution in [2.75, 3.05) is 6.61 Å². The molecule has 0 aliphatic heterocycles. The number of hydrogen-bond acceptors (Lipinski definition) is 3. The Bertz CT molecular complexity index is 629. The van der Waals surface area contributed by atoms with Crippen LogP contribution in [-0.4, -0.2) is 36.0 Å². The summed E-state index contributed by atoms with van der Waals surface area (Å²) in [6, 6.07) is 7.61. The van der Waals surface area contributed by atoms with E-state index in [2.05, 4.69) is 10.6 Å². The zero-order valence-electron chi connectivity index (χ0n) is 14.1. The molecular formula is C19H26N2O3. The van der Waals surface area contributed by atoms with Gasteiger partial charge in [-0.2, -0.15) is 0 Å². The molecule has 0 bridgehead atoms. The Kier molecular flexibility index (Phi) is 4.01. The molecule has 2 unspecified atom stereocenters. The molecule has 0 aromatic heterocycles. The number of ether oxygens (including phenoxy) is 1. The maximum absolute atomic E-state index is 12.5. The van der Waals surface area contributed by atoms with E-state index in [9.17, 15) is 9.90 Å². The molecule has 0 heterocycles. The highest BCUT2D eigenvalue weighted by molar-refractivity contribution is 5.75. The Morgan fingerprint density at radius 3 is 2.83 bits per heavy atom. The zero-order valence-corrected chi connectivity index (χ0v) is 14.1. The van der Waals surface area contributed by atoms with Crippen LogP contribution in [-0.2, 0) is 11.2 Å². The molecule has 3 aliphatic carbocycles. The van der Waals surface area contributed by atoms with Crippen molar-refractivity contribution in [2.24, 2.45) is 5.41 Å². The van der Waals surface area contributed by atoms with Crippen LogP contribution in [0, 0.1) is 5.41 Å². The van der Waals surface area contributed by atoms with E-state index < -0.39 is 6.10 Å². The first-order valence-corrected chi connectivity index (χ1v) is 9.08. The molecule has 2 saturated carbocycles. The zero-order chi connectivity index (χ0) is 16.7. The lowest BCUT2D eigenvalue weighted by Gasteiger charge is -2.60. The number of carbonyl (C=O) groups excluding carboxylic acids is 1. The van der Waals surface area contributed by atoms with Crippen LogP contribution in [0.15, 0.2) is 24.3 Å². The van der Waals surface area contributed by atoms with Crippen molar-refractivity contribution in [3.63, 3.8) is 0 Å². The highest BCUT2D eigenvalue weighted by Crippen LogP contribution is 2.57. The molecule has 1 spiro atoms. The molecule has 24 heavy (non-hydrogen) atoms. The fraction of sp³-hybridized carbons (Fsp3) is 0.632. The van der Waals surface area contributed by atoms with Crippen LogP contribution in [0.5, 0.6) is 0 Å². The highest BCUT2D eigenvalue weighted by atomic mass is 16.5. The number of hydrogen-bond donors (Lipinski definition) is 3. The summed E-state index contributed by atoms with van der Waals surface area (Å²) in [6.45, 7) is 2.76. The number of carbonyl (C=O) groups is 1. The van der Waals surface area contributed by atoms with Gasteiger partial charge in [0.1, 0.15) is 0 Å². The second kappa shape index (κ2) is 6.05. The van der Waals surface area contributed by atoms with Gasteiger partial charge < -0.3 is 20.5 Å². The van der Waals surface area contributed by atoms with E-state index in [1.54, 1.807) is 0 Å². The fourth-order valence-corrected chi connectivity index (χ4v) is 4.73. The van der Waals surface area contributed by atoms with E-state index >= 15 is 0 Å². The van der Waals surface area contributed by atoms with Crippen LogP contribution in [0.3, 0.4) is 0 Å². The number of urea groups is 1. The molecule has 130 valence electrons. The van der Waals surface area contributed by atoms with Gasteiger partial charge in [-0.3, -0.25) is 0 Å². The van der Waals surface area contributed by atoms with Crippen LogP contribution in [0.1, 0.15) is 49.8 Å². The third kappa shape index (κ3) is 2.42. The van der Waals surface area contributed by atoms with E-state index in [0.29, 0.717) is 12.5 Å². The standard InChI is InChI=1S/C19H26N2O3/c1-2-24-16-11-15(19(16)8-5-9-19)20-18(23)21-17-13-7-4-3-6-12(13)10-14(17)22/h3-4,6-7,14-17,22H,2,5,8-11H2,1H3,(H2,20,21,23)/t14-,15?,16?,17+/m0/s1. The molecule has 5 nitrogen and oxygen atoms in total. The maximum Gasteiger partial charge on any atom is 0.315 e. The van der Waals surface area contributed by atoms with E-state index in [4.69, 9.17) is 4.74 Å². The summed E-state index contributed by atoms with van der Waals surface area (Å²) in [7, 11) is 0. The molecule has 1 aromatic rings. The summed E-state index contributed by atoms with van der Waals surface area (Å²) < 4.78 is 5.83. The number of amides is 2. The second-order valence-electron chi connectivity index (χ2n) is 7.38. The summed E-state index contributed by atoms with van der Waals surface area (Å²) >= 11 is 0. The van der Waals surface area contributed by atoms with Gasteiger partial charge in [0.25, 0.3) is 0 Å². The van der Waals surface area contributed by atoms with E-state index in [0.717, 1.165) is 37.0 Å². The van der Waals surface area contributed by atoms with Gasteiger partial charge in [0.2, 0.25) is 0 Å². The lowest BCUT2D eigenvalue weighted by molar-refractivity contribution is -0.169. The second-order valence-corrected chi connectivity index (χ2v) is 7.38. The first-order chi connectivity index (χ1) is 11.6. The molecule has 4 atom stereocenters. The average molecular weight is 330 g/mol. The number of rotatable bonds is 4. The van der Waals surface area contributed by atoms with Crippen molar-refractivity contribution in [3.8, 4) is 0 Å². The lowest BCUT2D eigenvalue weighted by Crippen LogP contribution is -2.68. The van der Waals surface area contributed by atoms with Crippen molar-refractivity contribution in [1.82, 2.24) is 10.6 Å². The number of aliphatic hydroxyl groups excluding tert-OH is 1. The molecule has 5 heteroatoms. The molecule has 3 aliphatic rings. The largest absolute Gasteiger partial charge is 0.390 e. The van der Waals surface area contributed by atoms with Crippen molar-refractivity contribution in [1.29, 1.82) is 0 Å². The van der Waals surface area contributed by atoms with Crippen LogP contribution in [0.2, 0.25) is 0 Å². The van der Waals surface area contributed by atoms with Gasteiger partial charge in [0.15, 0.2) is 0 Å². The summed E-state index contributed by atoms with van der Waals surface area (Å²) in [6.07, 6.45) is 4.72. The smallest absolute Gasteiger partial charge is 0.315 e. The minimum Gasteiger partial charge on any atom is -0.390 e. The molecular weight excluding hydrogens is 304 g/mol. The Balaban J connectivity index is 1.38. The van der Waals surface area contributed by atoms with Gasteiger partial charge in [-0.25, -0.2) is 4.79 Å². The van der Waals surface area contributed by atoms with Gasteiger partial charge in [-0.15, -0.1) is 0 Å². The molecule has 0 radical (unpaired) electrons. The molecule has 2 fully saturated rings. The Morgan fingerprint density at radius 1 is 1.33 bits per heavy atom. The van der Waals surface area contributed by atoms with Crippen LogP contribution in [0.25, 0.3) is 0 Å². The van der Waals surface area contributed by atoms with E-state index in [1.807, 2.05) is 31.2 Å². The minimum atomic E-state index is -0.552. The molecule has 4 rings (SSSR count). The lowest BCUT2D eigenvalue weighted by atomic mass is 9.51. The summed E-state index contributed by atoms with van der Waals surface area (Å²) in [5, 5.41) is 16.4. The molecule has 2 amide bonds. The fourth-order valence-electron chi connectivity index (χ4n) is 4.73. The number of aliphatic hydroxyl groups is 1. The summed E-state index contributed by atoms with van der Waals surface area (Å²) in [5.41, 5.74) is 2.30. The van der Waals surface area contributed by atoms with Gasteiger partial charge >= 0.3 is 6.03 Å². The highest BCUT2D eigenvalue weighted by Gasteiger charge is 2.59. The molecule has 3 N–H and O–H groups in total. The SMILES string of the molecule is CCOC1CC(NC(=O)N[C@@H]2c3ccccc3C[C@@H]2O)C12CCC2. The predicted molar refractivity (Wildman–Crippen MR) is 90.7 cm³/mol. The maximum atomic E-state index is 12.5. The first-order valence-electron chi connectivity index (χ1n) is 9.08. The van der Waals surface area contributed by atoms with E-state index in [-0.39, 0.29) is 23.5 Å².